The Labute approximate surface area is 118 Å². The lowest BCUT2D eigenvalue weighted by Gasteiger charge is -2.19. The zero-order valence-electron chi connectivity index (χ0n) is 11.5. The lowest BCUT2D eigenvalue weighted by molar-refractivity contribution is -0.122. The van der Waals surface area contributed by atoms with Crippen LogP contribution in [0.4, 0.5) is 0 Å². The molecule has 20 heavy (non-hydrogen) atoms. The van der Waals surface area contributed by atoms with Crippen LogP contribution in [0.3, 0.4) is 0 Å². The molecule has 1 aromatic heterocycles. The summed E-state index contributed by atoms with van der Waals surface area (Å²) in [5, 5.41) is 7.22. The van der Waals surface area contributed by atoms with Crippen LogP contribution in [0, 0.1) is 0 Å². The molecule has 1 amide bonds. The Bertz CT molecular complexity index is 511. The first-order valence-electron chi connectivity index (χ1n) is 6.60. The van der Waals surface area contributed by atoms with Crippen LogP contribution in [0.25, 0.3) is 0 Å². The van der Waals surface area contributed by atoms with Gasteiger partial charge in [-0.25, -0.2) is 0 Å². The van der Waals surface area contributed by atoms with Crippen molar-refractivity contribution in [1.82, 2.24) is 15.1 Å². The highest BCUT2D eigenvalue weighted by molar-refractivity contribution is 5.76. The summed E-state index contributed by atoms with van der Waals surface area (Å²) in [4.78, 5) is 11.9. The zero-order chi connectivity index (χ0) is 14.2. The molecule has 0 aliphatic heterocycles. The summed E-state index contributed by atoms with van der Waals surface area (Å²) in [5.41, 5.74) is 1.06. The van der Waals surface area contributed by atoms with E-state index in [0.29, 0.717) is 19.6 Å². The highest BCUT2D eigenvalue weighted by Gasteiger charge is 2.15. The molecule has 5 heteroatoms. The van der Waals surface area contributed by atoms with Crippen LogP contribution in [0.2, 0.25) is 0 Å². The van der Waals surface area contributed by atoms with Crippen LogP contribution in [-0.2, 0) is 16.1 Å². The lowest BCUT2D eigenvalue weighted by Crippen LogP contribution is -2.32. The number of ether oxygens (including phenoxy) is 1. The molecule has 0 spiro atoms. The molecule has 2 aromatic rings. The van der Waals surface area contributed by atoms with Crippen LogP contribution in [0.15, 0.2) is 48.8 Å². The maximum absolute atomic E-state index is 11.9. The molecule has 2 rings (SSSR count). The van der Waals surface area contributed by atoms with Gasteiger partial charge >= 0.3 is 0 Å². The normalized spacial score (nSPS) is 12.1. The lowest BCUT2D eigenvalue weighted by atomic mass is 10.1. The molecule has 0 aliphatic carbocycles. The van der Waals surface area contributed by atoms with Crippen LogP contribution in [-0.4, -0.2) is 29.4 Å². The van der Waals surface area contributed by atoms with Crippen molar-refractivity contribution in [2.75, 3.05) is 13.7 Å². The second-order valence-corrected chi connectivity index (χ2v) is 4.50. The number of hydrogen-bond donors (Lipinski definition) is 1. The third-order valence-electron chi connectivity index (χ3n) is 3.00. The highest BCUT2D eigenvalue weighted by Crippen LogP contribution is 2.14. The predicted molar refractivity (Wildman–Crippen MR) is 76.0 cm³/mol. The number of amides is 1. The van der Waals surface area contributed by atoms with Crippen molar-refractivity contribution in [1.29, 1.82) is 0 Å². The van der Waals surface area contributed by atoms with Gasteiger partial charge in [-0.1, -0.05) is 30.3 Å². The van der Waals surface area contributed by atoms with Gasteiger partial charge in [-0.05, 0) is 11.6 Å². The van der Waals surface area contributed by atoms with Gasteiger partial charge in [0.25, 0.3) is 0 Å². The summed E-state index contributed by atoms with van der Waals surface area (Å²) in [6, 6.07) is 11.7. The highest BCUT2D eigenvalue weighted by atomic mass is 16.5. The Morgan fingerprint density at radius 1 is 1.35 bits per heavy atom. The number of nitrogens with one attached hydrogen (secondary N) is 1. The number of benzene rings is 1. The Kier molecular flexibility index (Phi) is 5.32. The number of aromatic nitrogens is 2. The predicted octanol–water partition coefficient (Wildman–Crippen LogP) is 1.78. The van der Waals surface area contributed by atoms with Gasteiger partial charge in [0.1, 0.15) is 0 Å². The molecule has 1 atom stereocenters. The minimum absolute atomic E-state index is 0.0205. The zero-order valence-corrected chi connectivity index (χ0v) is 11.5. The molecule has 1 N–H and O–H groups in total. The van der Waals surface area contributed by atoms with E-state index in [1.165, 1.54) is 0 Å². The fourth-order valence-electron chi connectivity index (χ4n) is 1.98. The van der Waals surface area contributed by atoms with E-state index in [9.17, 15) is 4.79 Å². The monoisotopic (exact) mass is 273 g/mol. The summed E-state index contributed by atoms with van der Waals surface area (Å²) in [6.45, 7) is 1.03. The van der Waals surface area contributed by atoms with Crippen molar-refractivity contribution in [2.24, 2.45) is 0 Å². The molecule has 0 radical (unpaired) electrons. The van der Waals surface area contributed by atoms with Crippen molar-refractivity contribution in [3.05, 3.63) is 54.4 Å². The van der Waals surface area contributed by atoms with E-state index in [2.05, 4.69) is 10.4 Å². The maximum atomic E-state index is 11.9. The third kappa shape index (κ3) is 4.20. The SMILES string of the molecule is COCCC(=O)NC(Cn1cccn1)c1ccccc1. The van der Waals surface area contributed by atoms with Crippen LogP contribution >= 0.6 is 0 Å². The molecule has 0 aliphatic rings. The van der Waals surface area contributed by atoms with Crippen LogP contribution in [0.1, 0.15) is 18.0 Å². The summed E-state index contributed by atoms with van der Waals surface area (Å²) in [5.74, 6) is -0.0205. The molecule has 0 bridgehead atoms. The average molecular weight is 273 g/mol. The average Bonchev–Trinajstić information content (AvgIpc) is 2.98. The Balaban J connectivity index is 2.06. The topological polar surface area (TPSA) is 56.1 Å². The van der Waals surface area contributed by atoms with Gasteiger partial charge in [0.15, 0.2) is 0 Å². The molecule has 1 unspecified atom stereocenters. The molecular formula is C15H19N3O2. The summed E-state index contributed by atoms with van der Waals surface area (Å²) >= 11 is 0. The van der Waals surface area contributed by atoms with E-state index in [0.717, 1.165) is 5.56 Å². The first-order chi connectivity index (χ1) is 9.79. The Hall–Kier alpha value is -2.14. The van der Waals surface area contributed by atoms with Gasteiger partial charge in [-0.15, -0.1) is 0 Å². The largest absolute Gasteiger partial charge is 0.384 e. The van der Waals surface area contributed by atoms with Crippen LogP contribution < -0.4 is 5.32 Å². The minimum Gasteiger partial charge on any atom is -0.384 e. The van der Waals surface area contributed by atoms with E-state index < -0.39 is 0 Å². The quantitative estimate of drug-likeness (QED) is 0.836. The van der Waals surface area contributed by atoms with E-state index >= 15 is 0 Å². The number of methoxy groups -OCH3 is 1. The first-order valence-corrected chi connectivity index (χ1v) is 6.60. The van der Waals surface area contributed by atoms with Crippen molar-refractivity contribution in [3.63, 3.8) is 0 Å². The first kappa shape index (κ1) is 14.3. The summed E-state index contributed by atoms with van der Waals surface area (Å²) in [6.07, 6.45) is 3.98. The fraction of sp³-hybridized carbons (Fsp3) is 0.333. The molecule has 106 valence electrons. The van der Waals surface area contributed by atoms with Crippen LogP contribution in [0.5, 0.6) is 0 Å². The smallest absolute Gasteiger partial charge is 0.222 e. The number of rotatable bonds is 7. The Morgan fingerprint density at radius 3 is 2.80 bits per heavy atom. The van der Waals surface area contributed by atoms with Crippen molar-refractivity contribution < 1.29 is 9.53 Å². The van der Waals surface area contributed by atoms with E-state index in [4.69, 9.17) is 4.74 Å². The fourth-order valence-corrected chi connectivity index (χ4v) is 1.98. The van der Waals surface area contributed by atoms with Gasteiger partial charge in [0.05, 0.1) is 19.2 Å². The van der Waals surface area contributed by atoms with E-state index in [1.54, 1.807) is 13.3 Å². The molecule has 1 heterocycles. The third-order valence-corrected chi connectivity index (χ3v) is 3.00. The van der Waals surface area contributed by atoms with Gasteiger partial charge in [-0.2, -0.15) is 5.10 Å². The number of carbonyl (C=O) groups is 1. The molecular weight excluding hydrogens is 254 g/mol. The van der Waals surface area contributed by atoms with Crippen molar-refractivity contribution in [3.8, 4) is 0 Å². The minimum atomic E-state index is -0.0968. The van der Waals surface area contributed by atoms with Gasteiger partial charge in [0, 0.05) is 25.9 Å². The molecule has 0 saturated carbocycles. The molecule has 5 nitrogen and oxygen atoms in total. The second kappa shape index (κ2) is 7.45. The van der Waals surface area contributed by atoms with E-state index in [1.807, 2.05) is 47.3 Å². The van der Waals surface area contributed by atoms with Gasteiger partial charge in [0.2, 0.25) is 5.91 Å². The Morgan fingerprint density at radius 2 is 2.15 bits per heavy atom. The van der Waals surface area contributed by atoms with Crippen molar-refractivity contribution >= 4 is 5.91 Å². The molecule has 0 fully saturated rings. The number of nitrogens with zero attached hydrogens (tertiary/aromatic N) is 2. The standard InChI is InChI=1S/C15H19N3O2/c1-20-11-8-15(19)17-14(12-18-10-5-9-16-18)13-6-3-2-4-7-13/h2-7,9-10,14H,8,11-12H2,1H3,(H,17,19). The molecule has 1 aromatic carbocycles. The van der Waals surface area contributed by atoms with Crippen molar-refractivity contribution in [2.45, 2.75) is 19.0 Å². The second-order valence-electron chi connectivity index (χ2n) is 4.50. The molecule has 0 saturated heterocycles. The van der Waals surface area contributed by atoms with Gasteiger partial charge < -0.3 is 10.1 Å². The number of hydrogen-bond acceptors (Lipinski definition) is 3. The summed E-state index contributed by atoms with van der Waals surface area (Å²) < 4.78 is 6.74. The van der Waals surface area contributed by atoms with Gasteiger partial charge in [-0.3, -0.25) is 9.48 Å². The summed E-state index contributed by atoms with van der Waals surface area (Å²) in [7, 11) is 1.59. The maximum Gasteiger partial charge on any atom is 0.222 e. The number of carbonyl (C=O) groups excluding carboxylic acids is 1. The van der Waals surface area contributed by atoms with E-state index in [-0.39, 0.29) is 11.9 Å².